The first kappa shape index (κ1) is 21.7. The average Bonchev–Trinajstić information content (AvgIpc) is 3.20. The summed E-state index contributed by atoms with van der Waals surface area (Å²) in [6.45, 7) is 8.03. The molecule has 1 fully saturated rings. The summed E-state index contributed by atoms with van der Waals surface area (Å²) in [5.41, 5.74) is 2.97. The molecular formula is C25H37N5O. The largest absolute Gasteiger partial charge is 0.385 e. The Hall–Kier alpha value is -2.50. The standard InChI is InChI=1S/C25H37N5O/c1-18-10-7-8-13-21(18)26-14-9-15-27-24(31)20-17-28-30-23(20)29-22(16-25(30,2)3)19-11-5-4-6-12-19/h7-8,10,13,17,19,22,26,29H,4-6,9,11-12,14-16H2,1-3H3,(H,27,31). The molecule has 1 atom stereocenters. The van der Waals surface area contributed by atoms with Gasteiger partial charge in [0.15, 0.2) is 0 Å². The van der Waals surface area contributed by atoms with Crippen LogP contribution in [0.1, 0.15) is 74.7 Å². The molecule has 1 saturated carbocycles. The second kappa shape index (κ2) is 9.33. The van der Waals surface area contributed by atoms with E-state index in [2.05, 4.69) is 54.0 Å². The third-order valence-corrected chi connectivity index (χ3v) is 6.95. The minimum atomic E-state index is -0.0846. The predicted octanol–water partition coefficient (Wildman–Crippen LogP) is 4.92. The molecular weight excluding hydrogens is 386 g/mol. The highest BCUT2D eigenvalue weighted by atomic mass is 16.1. The van der Waals surface area contributed by atoms with Gasteiger partial charge in [0.2, 0.25) is 0 Å². The Kier molecular flexibility index (Phi) is 6.54. The van der Waals surface area contributed by atoms with Gasteiger partial charge in [0, 0.05) is 24.8 Å². The molecule has 4 rings (SSSR count). The van der Waals surface area contributed by atoms with E-state index >= 15 is 0 Å². The van der Waals surface area contributed by atoms with E-state index in [4.69, 9.17) is 0 Å². The van der Waals surface area contributed by atoms with Crippen molar-refractivity contribution in [3.63, 3.8) is 0 Å². The number of rotatable bonds is 7. The van der Waals surface area contributed by atoms with E-state index in [1.807, 2.05) is 16.8 Å². The van der Waals surface area contributed by atoms with Crippen molar-refractivity contribution in [1.82, 2.24) is 15.1 Å². The van der Waals surface area contributed by atoms with Crippen molar-refractivity contribution in [2.45, 2.75) is 77.3 Å². The molecule has 1 aliphatic carbocycles. The summed E-state index contributed by atoms with van der Waals surface area (Å²) in [5.74, 6) is 1.55. The summed E-state index contributed by atoms with van der Waals surface area (Å²) in [5, 5.41) is 14.8. The smallest absolute Gasteiger partial charge is 0.256 e. The van der Waals surface area contributed by atoms with Gasteiger partial charge in [-0.3, -0.25) is 4.79 Å². The van der Waals surface area contributed by atoms with Crippen LogP contribution in [0.3, 0.4) is 0 Å². The Bertz CT molecular complexity index is 897. The highest BCUT2D eigenvalue weighted by Crippen LogP contribution is 2.39. The van der Waals surface area contributed by atoms with Crippen molar-refractivity contribution in [2.75, 3.05) is 23.7 Å². The van der Waals surface area contributed by atoms with Crippen LogP contribution in [0.5, 0.6) is 0 Å². The SMILES string of the molecule is Cc1ccccc1NCCCNC(=O)c1cnn2c1NC(C1CCCCC1)CC2(C)C. The first-order valence-electron chi connectivity index (χ1n) is 11.9. The third kappa shape index (κ3) is 4.89. The Morgan fingerprint density at radius 1 is 1.19 bits per heavy atom. The van der Waals surface area contributed by atoms with Gasteiger partial charge in [-0.15, -0.1) is 0 Å². The summed E-state index contributed by atoms with van der Waals surface area (Å²) in [7, 11) is 0. The number of aromatic nitrogens is 2. The van der Waals surface area contributed by atoms with Crippen molar-refractivity contribution in [3.05, 3.63) is 41.6 Å². The van der Waals surface area contributed by atoms with E-state index in [1.165, 1.54) is 37.7 Å². The second-order valence-corrected chi connectivity index (χ2v) is 9.84. The molecule has 2 aliphatic rings. The van der Waals surface area contributed by atoms with Crippen LogP contribution in [0.2, 0.25) is 0 Å². The number of fused-ring (bicyclic) bond motifs is 1. The summed E-state index contributed by atoms with van der Waals surface area (Å²) in [6.07, 6.45) is 10.2. The van der Waals surface area contributed by atoms with Gasteiger partial charge in [-0.2, -0.15) is 5.10 Å². The molecule has 2 heterocycles. The quantitative estimate of drug-likeness (QED) is 0.553. The van der Waals surface area contributed by atoms with Gasteiger partial charge in [0.05, 0.1) is 11.7 Å². The zero-order valence-electron chi connectivity index (χ0n) is 19.2. The van der Waals surface area contributed by atoms with E-state index in [0.717, 1.165) is 30.9 Å². The minimum absolute atomic E-state index is 0.0373. The van der Waals surface area contributed by atoms with Gasteiger partial charge < -0.3 is 16.0 Å². The lowest BCUT2D eigenvalue weighted by Gasteiger charge is -2.42. The Morgan fingerprint density at radius 3 is 2.74 bits per heavy atom. The maximum Gasteiger partial charge on any atom is 0.256 e. The summed E-state index contributed by atoms with van der Waals surface area (Å²) in [6, 6.07) is 8.69. The summed E-state index contributed by atoms with van der Waals surface area (Å²) in [4.78, 5) is 12.9. The number of nitrogens with zero attached hydrogens (tertiary/aromatic N) is 2. The Morgan fingerprint density at radius 2 is 1.97 bits per heavy atom. The number of aryl methyl sites for hydroxylation is 1. The summed E-state index contributed by atoms with van der Waals surface area (Å²) < 4.78 is 2.01. The van der Waals surface area contributed by atoms with E-state index in [9.17, 15) is 4.79 Å². The van der Waals surface area contributed by atoms with Crippen molar-refractivity contribution < 1.29 is 4.79 Å². The second-order valence-electron chi connectivity index (χ2n) is 9.84. The molecule has 0 bridgehead atoms. The van der Waals surface area contributed by atoms with Crippen LogP contribution in [0, 0.1) is 12.8 Å². The topological polar surface area (TPSA) is 71.0 Å². The van der Waals surface area contributed by atoms with Crippen LogP contribution < -0.4 is 16.0 Å². The van der Waals surface area contributed by atoms with Crippen molar-refractivity contribution >= 4 is 17.4 Å². The molecule has 0 radical (unpaired) electrons. The van der Waals surface area contributed by atoms with Crippen LogP contribution in [0.25, 0.3) is 0 Å². The van der Waals surface area contributed by atoms with Crippen LogP contribution >= 0.6 is 0 Å². The molecule has 0 saturated heterocycles. The molecule has 6 heteroatoms. The first-order chi connectivity index (χ1) is 15.0. The highest BCUT2D eigenvalue weighted by Gasteiger charge is 2.39. The maximum atomic E-state index is 12.9. The van der Waals surface area contributed by atoms with Gasteiger partial charge in [-0.1, -0.05) is 37.5 Å². The van der Waals surface area contributed by atoms with Crippen LogP contribution in [-0.2, 0) is 5.54 Å². The van der Waals surface area contributed by atoms with Gasteiger partial charge in [-0.05, 0) is 64.0 Å². The van der Waals surface area contributed by atoms with Gasteiger partial charge >= 0.3 is 0 Å². The first-order valence-corrected chi connectivity index (χ1v) is 11.9. The lowest BCUT2D eigenvalue weighted by atomic mass is 9.78. The number of hydrogen-bond acceptors (Lipinski definition) is 4. The lowest BCUT2D eigenvalue weighted by molar-refractivity contribution is 0.0953. The van der Waals surface area contributed by atoms with Crippen LogP contribution in [-0.4, -0.2) is 34.8 Å². The van der Waals surface area contributed by atoms with E-state index < -0.39 is 0 Å². The van der Waals surface area contributed by atoms with E-state index in [0.29, 0.717) is 24.1 Å². The third-order valence-electron chi connectivity index (χ3n) is 6.95. The highest BCUT2D eigenvalue weighted by molar-refractivity contribution is 5.98. The number of nitrogens with one attached hydrogen (secondary N) is 3. The zero-order chi connectivity index (χ0) is 21.8. The summed E-state index contributed by atoms with van der Waals surface area (Å²) >= 11 is 0. The normalized spacial score (nSPS) is 20.5. The van der Waals surface area contributed by atoms with Crippen molar-refractivity contribution in [3.8, 4) is 0 Å². The molecule has 0 spiro atoms. The maximum absolute atomic E-state index is 12.9. The molecule has 1 aromatic heterocycles. The zero-order valence-corrected chi connectivity index (χ0v) is 19.2. The number of carbonyl (C=O) groups excluding carboxylic acids is 1. The fourth-order valence-corrected chi connectivity index (χ4v) is 5.16. The Labute approximate surface area is 186 Å². The molecule has 31 heavy (non-hydrogen) atoms. The molecule has 1 unspecified atom stereocenters. The number of hydrogen-bond donors (Lipinski definition) is 3. The predicted molar refractivity (Wildman–Crippen MR) is 127 cm³/mol. The molecule has 2 aromatic rings. The number of amides is 1. The van der Waals surface area contributed by atoms with Gasteiger partial charge in [-0.25, -0.2) is 4.68 Å². The average molecular weight is 424 g/mol. The molecule has 6 nitrogen and oxygen atoms in total. The monoisotopic (exact) mass is 423 g/mol. The molecule has 3 N–H and O–H groups in total. The van der Waals surface area contributed by atoms with Crippen molar-refractivity contribution in [2.24, 2.45) is 5.92 Å². The lowest BCUT2D eigenvalue weighted by Crippen LogP contribution is -2.46. The molecule has 168 valence electrons. The van der Waals surface area contributed by atoms with Crippen LogP contribution in [0.4, 0.5) is 11.5 Å². The van der Waals surface area contributed by atoms with Gasteiger partial charge in [0.25, 0.3) is 5.91 Å². The fourth-order valence-electron chi connectivity index (χ4n) is 5.16. The minimum Gasteiger partial charge on any atom is -0.385 e. The molecule has 1 aromatic carbocycles. The number of carbonyl (C=O) groups is 1. The number of anilines is 2. The van der Waals surface area contributed by atoms with E-state index in [1.54, 1.807) is 6.20 Å². The Balaban J connectivity index is 1.34. The molecule has 1 aliphatic heterocycles. The van der Waals surface area contributed by atoms with Crippen LogP contribution in [0.15, 0.2) is 30.5 Å². The van der Waals surface area contributed by atoms with Gasteiger partial charge in [0.1, 0.15) is 11.4 Å². The number of para-hydroxylation sites is 1. The number of benzene rings is 1. The molecule has 1 amide bonds. The van der Waals surface area contributed by atoms with E-state index in [-0.39, 0.29) is 11.4 Å². The fraction of sp³-hybridized carbons (Fsp3) is 0.600. The van der Waals surface area contributed by atoms with Crippen molar-refractivity contribution in [1.29, 1.82) is 0 Å².